The Morgan fingerprint density at radius 2 is 1.94 bits per heavy atom. The summed E-state index contributed by atoms with van der Waals surface area (Å²) < 4.78 is 34.3. The van der Waals surface area contributed by atoms with E-state index in [4.69, 9.17) is 4.52 Å². The van der Waals surface area contributed by atoms with Gasteiger partial charge in [-0.1, -0.05) is 12.1 Å². The summed E-state index contributed by atoms with van der Waals surface area (Å²) in [6, 6.07) is 3.47. The summed E-state index contributed by atoms with van der Waals surface area (Å²) in [6.45, 7) is 9.16. The summed E-state index contributed by atoms with van der Waals surface area (Å²) in [5.74, 6) is -0.0946. The normalized spacial score (nSPS) is 16.4. The number of carbonyl (C=O) groups is 1. The highest BCUT2D eigenvalue weighted by Crippen LogP contribution is 2.35. The third kappa shape index (κ3) is 4.18. The number of nitrogens with zero attached hydrogens (tertiary/aromatic N) is 5. The number of pyridine rings is 1. The molecule has 1 aliphatic heterocycles. The van der Waals surface area contributed by atoms with Gasteiger partial charge in [0.2, 0.25) is 5.91 Å². The predicted octanol–water partition coefficient (Wildman–Crippen LogP) is 4.32. The lowest BCUT2D eigenvalue weighted by molar-refractivity contribution is -0.136. The molecule has 9 heteroatoms. The third-order valence-electron chi connectivity index (χ3n) is 6.10. The van der Waals surface area contributed by atoms with Crippen LogP contribution in [0.25, 0.3) is 11.1 Å². The van der Waals surface area contributed by atoms with Gasteiger partial charge in [0, 0.05) is 36.0 Å². The minimum absolute atomic E-state index is 0.00247. The van der Waals surface area contributed by atoms with Gasteiger partial charge in [0.15, 0.2) is 0 Å². The van der Waals surface area contributed by atoms with Crippen molar-refractivity contribution in [3.05, 3.63) is 40.5 Å². The van der Waals surface area contributed by atoms with Gasteiger partial charge in [-0.2, -0.15) is 5.10 Å². The Morgan fingerprint density at radius 1 is 1.23 bits per heavy atom. The first-order chi connectivity index (χ1) is 14.7. The number of halogens is 2. The fourth-order valence-corrected chi connectivity index (χ4v) is 4.43. The maximum absolute atomic E-state index is 13.6. The maximum Gasteiger partial charge on any atom is 0.264 e. The maximum atomic E-state index is 13.6. The summed E-state index contributed by atoms with van der Waals surface area (Å²) in [5.41, 5.74) is 3.04. The first-order valence-electron chi connectivity index (χ1n) is 10.6. The molecular weight excluding hydrogens is 404 g/mol. The number of hydrogen-bond donors (Lipinski definition) is 0. The molecule has 3 aromatic heterocycles. The molecule has 0 N–H and O–H groups in total. The van der Waals surface area contributed by atoms with Crippen LogP contribution >= 0.6 is 0 Å². The number of fused-ring (bicyclic) bond motifs is 1. The van der Waals surface area contributed by atoms with E-state index in [0.717, 1.165) is 11.4 Å². The van der Waals surface area contributed by atoms with Gasteiger partial charge in [-0.3, -0.25) is 9.48 Å². The molecule has 0 radical (unpaired) electrons. The van der Waals surface area contributed by atoms with Gasteiger partial charge in [0.25, 0.3) is 12.1 Å². The van der Waals surface area contributed by atoms with Crippen molar-refractivity contribution in [2.24, 2.45) is 5.92 Å². The van der Waals surface area contributed by atoms with Crippen molar-refractivity contribution < 1.29 is 18.1 Å². The number of hydrogen-bond acceptors (Lipinski definition) is 5. The largest absolute Gasteiger partial charge is 0.342 e. The van der Waals surface area contributed by atoms with Crippen LogP contribution in [0.2, 0.25) is 0 Å². The number of aryl methyl sites for hydroxylation is 3. The van der Waals surface area contributed by atoms with Crippen molar-refractivity contribution in [2.45, 2.75) is 59.4 Å². The van der Waals surface area contributed by atoms with Crippen LogP contribution in [0.3, 0.4) is 0 Å². The molecule has 3 aromatic rings. The number of carbonyl (C=O) groups excluding carboxylic acids is 1. The van der Waals surface area contributed by atoms with Crippen LogP contribution in [0.1, 0.15) is 60.4 Å². The Labute approximate surface area is 179 Å². The van der Waals surface area contributed by atoms with Gasteiger partial charge in [-0.15, -0.1) is 0 Å². The molecule has 0 bridgehead atoms. The van der Waals surface area contributed by atoms with Crippen LogP contribution in [-0.2, 0) is 11.3 Å². The second-order valence-electron chi connectivity index (χ2n) is 8.49. The van der Waals surface area contributed by atoms with Crippen molar-refractivity contribution in [1.29, 1.82) is 0 Å². The molecule has 0 saturated carbocycles. The molecule has 1 unspecified atom stereocenters. The van der Waals surface area contributed by atoms with Gasteiger partial charge in [-0.25, -0.2) is 13.8 Å². The van der Waals surface area contributed by atoms with Crippen molar-refractivity contribution in [1.82, 2.24) is 24.8 Å². The highest BCUT2D eigenvalue weighted by molar-refractivity contribution is 5.80. The van der Waals surface area contributed by atoms with Crippen molar-refractivity contribution in [3.8, 4) is 0 Å². The molecule has 1 atom stereocenters. The second-order valence-corrected chi connectivity index (χ2v) is 8.49. The van der Waals surface area contributed by atoms with Crippen LogP contribution in [-0.4, -0.2) is 43.8 Å². The van der Waals surface area contributed by atoms with Gasteiger partial charge in [-0.05, 0) is 45.7 Å². The SMILES string of the molecule is Cc1cc(C)n(CC(C)C(=O)N2CCC(c3cc(C(F)F)c4c(C)noc4n3)CC2)n1. The molecule has 1 amide bonds. The fraction of sp³-hybridized carbons (Fsp3) is 0.545. The summed E-state index contributed by atoms with van der Waals surface area (Å²) in [6.07, 6.45) is -1.28. The molecule has 1 saturated heterocycles. The van der Waals surface area contributed by atoms with Gasteiger partial charge < -0.3 is 9.42 Å². The van der Waals surface area contributed by atoms with E-state index < -0.39 is 6.43 Å². The number of amides is 1. The molecule has 0 spiro atoms. The standard InChI is InChI=1S/C22H27F2N5O2/c1-12(11-29-14(3)9-13(2)26-29)22(30)28-7-5-16(6-8-28)18-10-17(20(23)24)19-15(4)27-31-21(19)25-18/h9-10,12,16,20H,5-8,11H2,1-4H3. The summed E-state index contributed by atoms with van der Waals surface area (Å²) in [4.78, 5) is 19.2. The Hall–Kier alpha value is -2.84. The lowest BCUT2D eigenvalue weighted by Crippen LogP contribution is -2.42. The number of piperidine rings is 1. The molecule has 31 heavy (non-hydrogen) atoms. The summed E-state index contributed by atoms with van der Waals surface area (Å²) >= 11 is 0. The molecule has 0 aromatic carbocycles. The highest BCUT2D eigenvalue weighted by atomic mass is 19.3. The number of rotatable bonds is 5. The van der Waals surface area contributed by atoms with Gasteiger partial charge in [0.1, 0.15) is 0 Å². The van der Waals surface area contributed by atoms with Crippen LogP contribution in [0.5, 0.6) is 0 Å². The van der Waals surface area contributed by atoms with E-state index >= 15 is 0 Å². The van der Waals surface area contributed by atoms with E-state index in [9.17, 15) is 13.6 Å². The molecule has 7 nitrogen and oxygen atoms in total. The Kier molecular flexibility index (Phi) is 5.77. The molecule has 0 aliphatic carbocycles. The Balaban J connectivity index is 1.43. The van der Waals surface area contributed by atoms with Crippen LogP contribution in [0.4, 0.5) is 8.78 Å². The zero-order valence-electron chi connectivity index (χ0n) is 18.2. The summed E-state index contributed by atoms with van der Waals surface area (Å²) in [7, 11) is 0. The molecular formula is C22H27F2N5O2. The minimum Gasteiger partial charge on any atom is -0.342 e. The van der Waals surface area contributed by atoms with Crippen molar-refractivity contribution in [2.75, 3.05) is 13.1 Å². The first kappa shape index (κ1) is 21.4. The monoisotopic (exact) mass is 431 g/mol. The quantitative estimate of drug-likeness (QED) is 0.601. The van der Waals surface area contributed by atoms with Crippen LogP contribution < -0.4 is 0 Å². The van der Waals surface area contributed by atoms with E-state index in [2.05, 4.69) is 15.2 Å². The smallest absolute Gasteiger partial charge is 0.264 e. The first-order valence-corrected chi connectivity index (χ1v) is 10.6. The van der Waals surface area contributed by atoms with E-state index in [1.807, 2.05) is 36.4 Å². The second kappa shape index (κ2) is 8.36. The average molecular weight is 431 g/mol. The average Bonchev–Trinajstić information content (AvgIpc) is 3.27. The minimum atomic E-state index is -2.63. The zero-order valence-corrected chi connectivity index (χ0v) is 18.2. The molecule has 1 fully saturated rings. The fourth-order valence-electron chi connectivity index (χ4n) is 4.43. The zero-order chi connectivity index (χ0) is 22.3. The van der Waals surface area contributed by atoms with Crippen molar-refractivity contribution >= 4 is 17.0 Å². The van der Waals surface area contributed by atoms with E-state index in [1.165, 1.54) is 6.07 Å². The number of aromatic nitrogens is 4. The van der Waals surface area contributed by atoms with Crippen molar-refractivity contribution in [3.63, 3.8) is 0 Å². The van der Waals surface area contributed by atoms with E-state index in [-0.39, 0.29) is 29.0 Å². The topological polar surface area (TPSA) is 77.0 Å². The Morgan fingerprint density at radius 3 is 2.55 bits per heavy atom. The third-order valence-corrected chi connectivity index (χ3v) is 6.10. The van der Waals surface area contributed by atoms with Gasteiger partial charge >= 0.3 is 0 Å². The molecule has 4 heterocycles. The molecule has 166 valence electrons. The highest BCUT2D eigenvalue weighted by Gasteiger charge is 2.29. The van der Waals surface area contributed by atoms with E-state index in [1.54, 1.807) is 6.92 Å². The Bertz CT molecular complexity index is 1100. The lowest BCUT2D eigenvalue weighted by atomic mass is 9.91. The van der Waals surface area contributed by atoms with Crippen LogP contribution in [0.15, 0.2) is 16.7 Å². The van der Waals surface area contributed by atoms with Crippen LogP contribution in [0, 0.1) is 26.7 Å². The van der Waals surface area contributed by atoms with E-state index in [0.29, 0.717) is 49.2 Å². The summed E-state index contributed by atoms with van der Waals surface area (Å²) in [5, 5.41) is 8.53. The number of alkyl halides is 2. The van der Waals surface area contributed by atoms with Gasteiger partial charge in [0.05, 0.1) is 29.2 Å². The number of likely N-dealkylation sites (tertiary alicyclic amines) is 1. The molecule has 4 rings (SSSR count). The predicted molar refractivity (Wildman–Crippen MR) is 111 cm³/mol. The molecule has 1 aliphatic rings. The lowest BCUT2D eigenvalue weighted by Gasteiger charge is -2.33.